The number of esters is 1. The highest BCUT2D eigenvalue weighted by Crippen LogP contribution is 2.30. The van der Waals surface area contributed by atoms with Gasteiger partial charge < -0.3 is 22.8 Å². The Balaban J connectivity index is 1.10. The summed E-state index contributed by atoms with van der Waals surface area (Å²) in [7, 11) is 1.59. The van der Waals surface area contributed by atoms with Crippen molar-refractivity contribution in [3.05, 3.63) is 70.9 Å². The summed E-state index contributed by atoms with van der Waals surface area (Å²) in [5.74, 6) is 2.45. The predicted octanol–water partition coefficient (Wildman–Crippen LogP) is 7.57. The molecular formula is C39H52N8O8S2. The first-order valence-electron chi connectivity index (χ1n) is 19.2. The van der Waals surface area contributed by atoms with Gasteiger partial charge in [-0.05, 0) is 61.6 Å². The third-order valence-electron chi connectivity index (χ3n) is 8.82. The normalized spacial score (nSPS) is 12.4. The number of unbranched alkanes of at least 4 members (excludes halogenated alkanes) is 5. The van der Waals surface area contributed by atoms with Crippen LogP contribution in [0.2, 0.25) is 0 Å². The maximum atomic E-state index is 13.2. The van der Waals surface area contributed by atoms with Gasteiger partial charge in [-0.2, -0.15) is 4.21 Å². The number of fused-ring (bicyclic) bond motifs is 1. The molecular weight excluding hydrogens is 773 g/mol. The van der Waals surface area contributed by atoms with Gasteiger partial charge in [0.25, 0.3) is 16.5 Å². The van der Waals surface area contributed by atoms with E-state index in [1.807, 2.05) is 58.0 Å². The Morgan fingerprint density at radius 3 is 2.53 bits per heavy atom. The zero-order valence-corrected chi connectivity index (χ0v) is 35.0. The molecule has 2 N–H and O–H groups in total. The minimum Gasteiger partial charge on any atom is -0.490 e. The molecule has 0 saturated heterocycles. The van der Waals surface area contributed by atoms with Crippen molar-refractivity contribution >= 4 is 46.6 Å². The zero-order valence-electron chi connectivity index (χ0n) is 33.4. The summed E-state index contributed by atoms with van der Waals surface area (Å²) in [6.45, 7) is 11.0. The maximum Gasteiger partial charge on any atom is 0.420 e. The number of aromatic nitrogens is 6. The molecule has 0 bridgehead atoms. The van der Waals surface area contributed by atoms with Gasteiger partial charge >= 0.3 is 12.1 Å². The Morgan fingerprint density at radius 2 is 1.74 bits per heavy atom. The summed E-state index contributed by atoms with van der Waals surface area (Å²) >= 11 is -0.524. The summed E-state index contributed by atoms with van der Waals surface area (Å²) in [5.41, 5.74) is 3.17. The number of aryl methyl sites for hydroxylation is 2. The lowest BCUT2D eigenvalue weighted by Gasteiger charge is -2.16. The van der Waals surface area contributed by atoms with Crippen LogP contribution in [0.25, 0.3) is 5.65 Å². The fourth-order valence-electron chi connectivity index (χ4n) is 5.62. The van der Waals surface area contributed by atoms with Crippen molar-refractivity contribution < 1.29 is 36.6 Å². The van der Waals surface area contributed by atoms with Crippen LogP contribution in [0, 0.1) is 13.8 Å². The number of aromatic amines is 1. The van der Waals surface area contributed by atoms with Crippen LogP contribution in [0.5, 0.6) is 17.2 Å². The van der Waals surface area contributed by atoms with Crippen LogP contribution >= 0.6 is 11.8 Å². The summed E-state index contributed by atoms with van der Waals surface area (Å²) in [5, 5.41) is 20.0. The van der Waals surface area contributed by atoms with Gasteiger partial charge in [0, 0.05) is 31.3 Å². The lowest BCUT2D eigenvalue weighted by atomic mass is 10.1. The van der Waals surface area contributed by atoms with E-state index in [2.05, 4.69) is 37.1 Å². The first-order valence-corrected chi connectivity index (χ1v) is 21.3. The molecule has 3 aromatic heterocycles. The van der Waals surface area contributed by atoms with Crippen LogP contribution < -0.4 is 23.3 Å². The van der Waals surface area contributed by atoms with Crippen molar-refractivity contribution in [1.82, 2.24) is 34.7 Å². The second-order valence-corrected chi connectivity index (χ2v) is 15.6. The van der Waals surface area contributed by atoms with Crippen molar-refractivity contribution in [2.24, 2.45) is 0 Å². The van der Waals surface area contributed by atoms with E-state index in [1.54, 1.807) is 23.7 Å². The van der Waals surface area contributed by atoms with E-state index in [0.717, 1.165) is 36.0 Å². The number of nitrogens with one attached hydrogen (secondary N) is 2. The number of anilines is 1. The Bertz CT molecular complexity index is 2100. The number of thioether (sulfide) groups is 1. The highest BCUT2D eigenvalue weighted by Gasteiger charge is 2.22. The van der Waals surface area contributed by atoms with Crippen LogP contribution in [-0.2, 0) is 33.0 Å². The van der Waals surface area contributed by atoms with Crippen LogP contribution in [-0.4, -0.2) is 73.1 Å². The predicted molar refractivity (Wildman–Crippen MR) is 217 cm³/mol. The van der Waals surface area contributed by atoms with Gasteiger partial charge in [0.2, 0.25) is 5.89 Å². The molecule has 0 saturated carbocycles. The first-order chi connectivity index (χ1) is 27.5. The quantitative estimate of drug-likeness (QED) is 0.0373. The van der Waals surface area contributed by atoms with E-state index in [1.165, 1.54) is 42.3 Å². The highest BCUT2D eigenvalue weighted by molar-refractivity contribution is 7.98. The Labute approximate surface area is 339 Å². The molecule has 0 aliphatic rings. The molecule has 18 heteroatoms. The third kappa shape index (κ3) is 12.8. The number of hydrogen-bond acceptors (Lipinski definition) is 13. The summed E-state index contributed by atoms with van der Waals surface area (Å²) in [4.78, 5) is 26.4. The molecule has 0 radical (unpaired) electrons. The van der Waals surface area contributed by atoms with Gasteiger partial charge in [-0.15, -0.1) is 20.4 Å². The summed E-state index contributed by atoms with van der Waals surface area (Å²) < 4.78 is 45.7. The van der Waals surface area contributed by atoms with Crippen molar-refractivity contribution in [3.63, 3.8) is 0 Å². The molecule has 2 atom stereocenters. The van der Waals surface area contributed by atoms with E-state index in [9.17, 15) is 13.8 Å². The van der Waals surface area contributed by atoms with Gasteiger partial charge in [0.05, 0.1) is 13.2 Å². The number of carbonyl (C=O) groups is 2. The van der Waals surface area contributed by atoms with E-state index in [4.69, 9.17) is 22.8 Å². The monoisotopic (exact) mass is 824 g/mol. The molecule has 0 spiro atoms. The zero-order chi connectivity index (χ0) is 40.7. The van der Waals surface area contributed by atoms with Gasteiger partial charge in [-0.1, -0.05) is 82.8 Å². The Morgan fingerprint density at radius 1 is 0.947 bits per heavy atom. The topological polar surface area (TPSA) is 188 Å². The maximum absolute atomic E-state index is 13.2. The molecule has 0 aliphatic heterocycles. The lowest BCUT2D eigenvalue weighted by Crippen LogP contribution is -2.30. The molecule has 16 nitrogen and oxygen atoms in total. The van der Waals surface area contributed by atoms with Gasteiger partial charge in [0.15, 0.2) is 23.0 Å². The van der Waals surface area contributed by atoms with Gasteiger partial charge in [-0.25, -0.2) is 14.0 Å². The Kier molecular flexibility index (Phi) is 16.3. The molecule has 57 heavy (non-hydrogen) atoms. The number of amides is 1. The number of H-pyrrole nitrogens is 1. The fourth-order valence-corrected chi connectivity index (χ4v) is 7.08. The summed E-state index contributed by atoms with van der Waals surface area (Å²) in [6.07, 6.45) is 7.01. The van der Waals surface area contributed by atoms with Crippen molar-refractivity contribution in [3.8, 4) is 17.2 Å². The molecule has 1 amide bonds. The van der Waals surface area contributed by atoms with Crippen molar-refractivity contribution in [2.75, 3.05) is 31.7 Å². The van der Waals surface area contributed by atoms with E-state index in [-0.39, 0.29) is 24.8 Å². The molecule has 308 valence electrons. The van der Waals surface area contributed by atoms with Gasteiger partial charge in [-0.3, -0.25) is 14.8 Å². The average Bonchev–Trinajstić information content (AvgIpc) is 3.93. The second kappa shape index (κ2) is 21.5. The smallest absolute Gasteiger partial charge is 0.420 e. The van der Waals surface area contributed by atoms with Gasteiger partial charge in [0.1, 0.15) is 18.0 Å². The minimum atomic E-state index is -1.85. The minimum absolute atomic E-state index is 0.0730. The van der Waals surface area contributed by atoms with Crippen molar-refractivity contribution in [2.45, 2.75) is 103 Å². The van der Waals surface area contributed by atoms with Crippen LogP contribution in [0.4, 0.5) is 10.6 Å². The fraction of sp³-hybridized carbons (Fsp3) is 0.487. The molecule has 5 rings (SSSR count). The number of rotatable bonds is 23. The molecule has 2 aromatic carbocycles. The number of ether oxygens (including phenoxy) is 3. The number of nitrogens with zero attached hydrogens (tertiary/aromatic N) is 6. The average molecular weight is 825 g/mol. The molecule has 5 aromatic rings. The van der Waals surface area contributed by atoms with E-state index in [0.29, 0.717) is 58.7 Å². The van der Waals surface area contributed by atoms with Crippen LogP contribution in [0.15, 0.2) is 52.1 Å². The summed E-state index contributed by atoms with van der Waals surface area (Å²) in [6, 6.07) is 12.8. The molecule has 2 unspecified atom stereocenters. The Hall–Kier alpha value is -4.94. The second-order valence-electron chi connectivity index (χ2n) is 13.7. The number of hydrogen-bond donors (Lipinski definition) is 2. The van der Waals surface area contributed by atoms with Crippen LogP contribution in [0.1, 0.15) is 100 Å². The largest absolute Gasteiger partial charge is 0.490 e. The molecule has 3 heterocycles. The third-order valence-corrected chi connectivity index (χ3v) is 10.4. The van der Waals surface area contributed by atoms with E-state index >= 15 is 0 Å². The SMILES string of the molecule is CCCCCCCCOc1ccc(C)cc1OS(=O)NCC(C)c1nnc2cc(N(C)C(=O)Oc3ccc(CSc4nnc(CC(=O)OCCC)o4)cc3C)[nH]n12. The number of benzene rings is 2. The highest BCUT2D eigenvalue weighted by atomic mass is 32.2. The standard InChI is InChI=1S/C39H52N8O8S2/c1-7-9-10-11-12-13-19-51-31-16-14-26(3)20-32(31)55-57(50)40-24-28(5)37-43-41-33-22-34(45-47(33)37)46(6)39(49)53-30-17-15-29(21-27(30)4)25-56-38-44-42-35(54-38)23-36(48)52-18-8-2/h14-17,20-22,28,40,45H,7-13,18-19,23-25H2,1-6H3. The lowest BCUT2D eigenvalue weighted by molar-refractivity contribution is -0.143. The van der Waals surface area contributed by atoms with Crippen LogP contribution in [0.3, 0.4) is 0 Å². The molecule has 0 aliphatic carbocycles. The molecule has 0 fully saturated rings. The van der Waals surface area contributed by atoms with E-state index < -0.39 is 23.3 Å². The van der Waals surface area contributed by atoms with Crippen molar-refractivity contribution in [1.29, 1.82) is 0 Å². The first kappa shape index (κ1) is 43.2. The number of carbonyl (C=O) groups excluding carboxylic acids is 2.